The zero-order valence-corrected chi connectivity index (χ0v) is 22.3. The monoisotopic (exact) mass is 541 g/mol. The number of nitrogens with zero attached hydrogens (tertiary/aromatic N) is 1. The molecule has 7 atom stereocenters. The average Bonchev–Trinajstić information content (AvgIpc) is 3.17. The van der Waals surface area contributed by atoms with E-state index in [9.17, 15) is 34.7 Å². The largest absolute Gasteiger partial charge is 0.454 e. The molecule has 0 aliphatic heterocycles. The van der Waals surface area contributed by atoms with Gasteiger partial charge in [0.05, 0.1) is 11.7 Å². The van der Waals surface area contributed by atoms with Crippen LogP contribution in [0, 0.1) is 38.7 Å². The van der Waals surface area contributed by atoms with Crippen molar-refractivity contribution in [1.29, 1.82) is 0 Å². The highest BCUT2D eigenvalue weighted by Crippen LogP contribution is 2.67. The maximum Gasteiger partial charge on any atom is 0.338 e. The molecule has 10 heteroatoms. The second kappa shape index (κ2) is 9.82. The van der Waals surface area contributed by atoms with Crippen molar-refractivity contribution < 1.29 is 39.3 Å². The van der Waals surface area contributed by atoms with Crippen molar-refractivity contribution in [2.75, 3.05) is 6.61 Å². The van der Waals surface area contributed by atoms with Crippen molar-refractivity contribution in [3.05, 3.63) is 57.2 Å². The Morgan fingerprint density at radius 3 is 2.54 bits per heavy atom. The van der Waals surface area contributed by atoms with Gasteiger partial charge in [-0.2, -0.15) is 0 Å². The lowest BCUT2D eigenvalue weighted by Gasteiger charge is -2.60. The Bertz CT molecular complexity index is 1230. The van der Waals surface area contributed by atoms with E-state index in [1.807, 2.05) is 6.92 Å². The summed E-state index contributed by atoms with van der Waals surface area (Å²) in [7, 11) is 0. The number of benzene rings is 1. The Kier molecular flexibility index (Phi) is 6.91. The van der Waals surface area contributed by atoms with Crippen LogP contribution in [0.15, 0.2) is 35.9 Å². The first-order valence-corrected chi connectivity index (χ1v) is 13.6. The normalized spacial score (nSPS) is 37.1. The van der Waals surface area contributed by atoms with Gasteiger partial charge in [-0.3, -0.25) is 9.59 Å². The van der Waals surface area contributed by atoms with Gasteiger partial charge in [0.15, 0.2) is 12.4 Å². The summed E-state index contributed by atoms with van der Waals surface area (Å²) in [5.41, 5.74) is -1.08. The smallest absolute Gasteiger partial charge is 0.338 e. The molecular formula is C29H35NO9. The average molecular weight is 542 g/mol. The van der Waals surface area contributed by atoms with Gasteiger partial charge in [0, 0.05) is 11.8 Å². The zero-order valence-electron chi connectivity index (χ0n) is 22.3. The first kappa shape index (κ1) is 27.5. The SMILES string of the molecule is C[C@]12CCC(=O)C=C1CC[C@@H]1[C@@H]2[C@@H](O)C[C@@]2(C)[C@H]1CC[C@]2(O)C(=O)COC(=O)c1ccc(CO[N+](=O)[O-])cc1. The summed E-state index contributed by atoms with van der Waals surface area (Å²) >= 11 is 0. The quantitative estimate of drug-likeness (QED) is 0.300. The molecule has 0 saturated heterocycles. The first-order valence-electron chi connectivity index (χ1n) is 13.6. The highest BCUT2D eigenvalue weighted by Gasteiger charge is 2.68. The molecule has 4 aliphatic rings. The second-order valence-electron chi connectivity index (χ2n) is 12.2. The predicted octanol–water partition coefficient (Wildman–Crippen LogP) is 3.35. The molecule has 0 amide bonds. The Morgan fingerprint density at radius 2 is 1.85 bits per heavy atom. The van der Waals surface area contributed by atoms with Crippen LogP contribution in [0.3, 0.4) is 0 Å². The number of aliphatic hydroxyl groups excluding tert-OH is 1. The van der Waals surface area contributed by atoms with Gasteiger partial charge in [0.1, 0.15) is 12.2 Å². The van der Waals surface area contributed by atoms with E-state index in [1.54, 1.807) is 6.08 Å². The van der Waals surface area contributed by atoms with E-state index in [0.29, 0.717) is 24.8 Å². The van der Waals surface area contributed by atoms with E-state index < -0.39 is 40.6 Å². The standard InChI is InChI=1S/C29H35NO9/c1-27-11-9-20(31)13-19(27)7-8-21-22-10-12-29(35,28(22,2)14-23(32)25(21)27)24(33)16-38-26(34)18-5-3-17(4-6-18)15-39-30(36)37/h3-6,13,21-23,25,32,35H,7-12,14-16H2,1-2H3/t21-,22-,23-,25+,27-,28-,29-/m0/s1. The summed E-state index contributed by atoms with van der Waals surface area (Å²) in [5, 5.41) is 32.7. The number of Topliss-reactive ketones (excluding diaryl/α,β-unsaturated/α-hetero) is 1. The van der Waals surface area contributed by atoms with Crippen LogP contribution in [0.1, 0.15) is 74.7 Å². The molecule has 1 aromatic rings. The van der Waals surface area contributed by atoms with Crippen LogP contribution in [0.5, 0.6) is 0 Å². The number of ketones is 2. The van der Waals surface area contributed by atoms with Crippen molar-refractivity contribution in [3.63, 3.8) is 0 Å². The fourth-order valence-corrected chi connectivity index (χ4v) is 8.35. The van der Waals surface area contributed by atoms with Crippen molar-refractivity contribution >= 4 is 17.5 Å². The number of hydrogen-bond acceptors (Lipinski definition) is 9. The minimum absolute atomic E-state index is 0.0282. The maximum absolute atomic E-state index is 13.4. The van der Waals surface area contributed by atoms with Gasteiger partial charge in [-0.15, -0.1) is 10.1 Å². The zero-order chi connectivity index (χ0) is 28.2. The molecule has 2 N–H and O–H groups in total. The van der Waals surface area contributed by atoms with Crippen molar-refractivity contribution in [2.24, 2.45) is 28.6 Å². The van der Waals surface area contributed by atoms with Gasteiger partial charge >= 0.3 is 5.97 Å². The van der Waals surface area contributed by atoms with E-state index >= 15 is 0 Å². The van der Waals surface area contributed by atoms with E-state index in [4.69, 9.17) is 4.74 Å². The molecule has 0 bridgehead atoms. The fraction of sp³-hybridized carbons (Fsp3) is 0.621. The van der Waals surface area contributed by atoms with Crippen LogP contribution in [0.2, 0.25) is 0 Å². The maximum atomic E-state index is 13.4. The summed E-state index contributed by atoms with van der Waals surface area (Å²) in [6, 6.07) is 5.84. The number of fused-ring (bicyclic) bond motifs is 5. The van der Waals surface area contributed by atoms with Crippen LogP contribution in [0.4, 0.5) is 0 Å². The first-order chi connectivity index (χ1) is 18.4. The minimum atomic E-state index is -1.73. The molecular weight excluding hydrogens is 506 g/mol. The van der Waals surface area contributed by atoms with Crippen molar-refractivity contribution in [3.8, 4) is 0 Å². The molecule has 4 aliphatic carbocycles. The lowest BCUT2D eigenvalue weighted by atomic mass is 9.45. The molecule has 0 aromatic heterocycles. The molecule has 0 spiro atoms. The topological polar surface area (TPSA) is 153 Å². The number of carbonyl (C=O) groups is 3. The Labute approximate surface area is 226 Å². The molecule has 3 fully saturated rings. The molecule has 1 aromatic carbocycles. The molecule has 39 heavy (non-hydrogen) atoms. The van der Waals surface area contributed by atoms with E-state index in [1.165, 1.54) is 24.3 Å². The Balaban J connectivity index is 1.28. The molecule has 210 valence electrons. The van der Waals surface area contributed by atoms with Gasteiger partial charge < -0.3 is 19.8 Å². The van der Waals surface area contributed by atoms with Crippen LogP contribution in [-0.2, 0) is 25.8 Å². The lowest BCUT2D eigenvalue weighted by molar-refractivity contribution is -0.763. The number of esters is 1. The molecule has 3 saturated carbocycles. The van der Waals surface area contributed by atoms with E-state index in [2.05, 4.69) is 11.8 Å². The van der Waals surface area contributed by atoms with Crippen LogP contribution >= 0.6 is 0 Å². The van der Waals surface area contributed by atoms with Gasteiger partial charge in [-0.1, -0.05) is 31.6 Å². The fourth-order valence-electron chi connectivity index (χ4n) is 8.35. The van der Waals surface area contributed by atoms with Gasteiger partial charge in [0.25, 0.3) is 5.09 Å². The third kappa shape index (κ3) is 4.47. The summed E-state index contributed by atoms with van der Waals surface area (Å²) in [6.07, 6.45) is 4.96. The molecule has 0 heterocycles. The summed E-state index contributed by atoms with van der Waals surface area (Å²) in [6.45, 7) is 3.19. The number of allylic oxidation sites excluding steroid dienone is 1. The van der Waals surface area contributed by atoms with Gasteiger partial charge in [0.2, 0.25) is 5.78 Å². The van der Waals surface area contributed by atoms with E-state index in [-0.39, 0.29) is 54.0 Å². The molecule has 0 unspecified atom stereocenters. The second-order valence-corrected chi connectivity index (χ2v) is 12.2. The highest BCUT2D eigenvalue weighted by atomic mass is 16.9. The number of ether oxygens (including phenoxy) is 1. The number of rotatable bonds is 7. The van der Waals surface area contributed by atoms with Crippen molar-refractivity contribution in [2.45, 2.75) is 77.1 Å². The summed E-state index contributed by atoms with van der Waals surface area (Å²) in [4.78, 5) is 52.7. The highest BCUT2D eigenvalue weighted by molar-refractivity contribution is 5.94. The molecule has 10 nitrogen and oxygen atoms in total. The lowest BCUT2D eigenvalue weighted by Crippen LogP contribution is -2.62. The summed E-state index contributed by atoms with van der Waals surface area (Å²) < 4.78 is 5.27. The molecule has 0 radical (unpaired) electrons. The Hall–Kier alpha value is -3.11. The number of carbonyl (C=O) groups excluding carboxylic acids is 3. The summed E-state index contributed by atoms with van der Waals surface area (Å²) in [5.74, 6) is -1.06. The van der Waals surface area contributed by atoms with Crippen LogP contribution in [-0.4, -0.2) is 51.1 Å². The van der Waals surface area contributed by atoms with Crippen molar-refractivity contribution in [1.82, 2.24) is 0 Å². The Morgan fingerprint density at radius 1 is 1.13 bits per heavy atom. The van der Waals surface area contributed by atoms with Gasteiger partial charge in [-0.25, -0.2) is 4.79 Å². The number of hydrogen-bond donors (Lipinski definition) is 2. The van der Waals surface area contributed by atoms with Gasteiger partial charge in [-0.05, 0) is 85.5 Å². The van der Waals surface area contributed by atoms with E-state index in [0.717, 1.165) is 18.4 Å². The van der Waals surface area contributed by atoms with Crippen LogP contribution < -0.4 is 0 Å². The number of aliphatic hydroxyl groups is 2. The van der Waals surface area contributed by atoms with Crippen LogP contribution in [0.25, 0.3) is 0 Å². The minimum Gasteiger partial charge on any atom is -0.454 e. The third-order valence-electron chi connectivity index (χ3n) is 10.4. The predicted molar refractivity (Wildman–Crippen MR) is 137 cm³/mol. The third-order valence-corrected chi connectivity index (χ3v) is 10.4. The molecule has 5 rings (SSSR count).